The third-order valence-corrected chi connectivity index (χ3v) is 5.29. The largest absolute Gasteiger partial charge is 0.496 e. The molecule has 2 aromatic carbocycles. The second-order valence-corrected chi connectivity index (χ2v) is 8.74. The zero-order valence-electron chi connectivity index (χ0n) is 18.4. The number of aryl methyl sites for hydroxylation is 2. The van der Waals surface area contributed by atoms with Crippen molar-refractivity contribution in [1.29, 1.82) is 0 Å². The van der Waals surface area contributed by atoms with Gasteiger partial charge in [-0.05, 0) is 69.8 Å². The maximum Gasteiger partial charge on any atom is 0.324 e. The van der Waals surface area contributed by atoms with Crippen molar-refractivity contribution >= 4 is 5.97 Å². The van der Waals surface area contributed by atoms with E-state index in [1.165, 1.54) is 5.56 Å². The number of esters is 1. The second kappa shape index (κ2) is 9.98. The van der Waals surface area contributed by atoms with Crippen LogP contribution in [0.1, 0.15) is 38.3 Å². The summed E-state index contributed by atoms with van der Waals surface area (Å²) in [6.45, 7) is 6.96. The first-order valence-corrected chi connectivity index (χ1v) is 10.7. The number of rotatable bonds is 8. The molecular weight excluding hydrogens is 378 g/mol. The lowest BCUT2D eigenvalue weighted by molar-refractivity contribution is -0.158. The van der Waals surface area contributed by atoms with Crippen molar-refractivity contribution < 1.29 is 19.0 Å². The van der Waals surface area contributed by atoms with Crippen molar-refractivity contribution in [2.75, 3.05) is 20.3 Å². The third-order valence-electron chi connectivity index (χ3n) is 5.29. The van der Waals surface area contributed by atoms with Crippen LogP contribution in [0.25, 0.3) is 0 Å². The fraction of sp³-hybridized carbons (Fsp3) is 0.480. The summed E-state index contributed by atoms with van der Waals surface area (Å²) in [6, 6.07) is 15.9. The minimum absolute atomic E-state index is 0.0992. The highest BCUT2D eigenvalue weighted by atomic mass is 16.6. The van der Waals surface area contributed by atoms with E-state index in [-0.39, 0.29) is 17.9 Å². The minimum atomic E-state index is -0.488. The summed E-state index contributed by atoms with van der Waals surface area (Å²) in [5.41, 5.74) is 1.85. The van der Waals surface area contributed by atoms with Crippen LogP contribution in [0.5, 0.6) is 11.5 Å². The first kappa shape index (κ1) is 22.2. The Hall–Kier alpha value is -2.53. The molecule has 30 heavy (non-hydrogen) atoms. The predicted molar refractivity (Wildman–Crippen MR) is 118 cm³/mol. The Morgan fingerprint density at radius 2 is 1.60 bits per heavy atom. The molecule has 0 radical (unpaired) electrons. The number of methoxy groups -OCH3 is 1. The standard InChI is InChI=1S/C25H33NO4/c1-25(2,3)30-24(27)23-20(15-16-26-23)17-29-22-12-8-6-10-19(22)14-13-18-9-5-7-11-21(18)28-4/h5-12,20,23,26H,13-17H2,1-4H3. The van der Waals surface area contributed by atoms with Gasteiger partial charge in [0.05, 0.1) is 13.7 Å². The number of ether oxygens (including phenoxy) is 3. The van der Waals surface area contributed by atoms with Crippen LogP contribution in [0.15, 0.2) is 48.5 Å². The summed E-state index contributed by atoms with van der Waals surface area (Å²) in [4.78, 5) is 12.5. The smallest absolute Gasteiger partial charge is 0.324 e. The Balaban J connectivity index is 1.61. The van der Waals surface area contributed by atoms with E-state index in [2.05, 4.69) is 17.4 Å². The van der Waals surface area contributed by atoms with E-state index in [1.54, 1.807) is 7.11 Å². The maximum atomic E-state index is 12.5. The molecule has 2 aromatic rings. The van der Waals surface area contributed by atoms with Crippen LogP contribution in [0.3, 0.4) is 0 Å². The molecule has 1 saturated heterocycles. The predicted octanol–water partition coefficient (Wildman–Crippen LogP) is 4.18. The molecule has 0 spiro atoms. The minimum Gasteiger partial charge on any atom is -0.496 e. The number of hydrogen-bond acceptors (Lipinski definition) is 5. The maximum absolute atomic E-state index is 12.5. The fourth-order valence-corrected chi connectivity index (χ4v) is 3.80. The average Bonchev–Trinajstić information content (AvgIpc) is 3.19. The highest BCUT2D eigenvalue weighted by Gasteiger charge is 2.36. The van der Waals surface area contributed by atoms with Gasteiger partial charge < -0.3 is 19.5 Å². The van der Waals surface area contributed by atoms with Gasteiger partial charge >= 0.3 is 5.97 Å². The second-order valence-electron chi connectivity index (χ2n) is 8.74. The van der Waals surface area contributed by atoms with Gasteiger partial charge in [-0.2, -0.15) is 0 Å². The SMILES string of the molecule is COc1ccccc1CCc1ccccc1OCC1CCNC1C(=O)OC(C)(C)C. The molecule has 2 unspecified atom stereocenters. The third kappa shape index (κ3) is 5.99. The molecule has 162 valence electrons. The lowest BCUT2D eigenvalue weighted by atomic mass is 10.0. The molecular formula is C25H33NO4. The molecule has 1 N–H and O–H groups in total. The van der Waals surface area contributed by atoms with Crippen molar-refractivity contribution in [2.45, 2.75) is 51.7 Å². The van der Waals surface area contributed by atoms with E-state index >= 15 is 0 Å². The van der Waals surface area contributed by atoms with Gasteiger partial charge in [0.15, 0.2) is 0 Å². The van der Waals surface area contributed by atoms with Crippen molar-refractivity contribution in [3.63, 3.8) is 0 Å². The zero-order chi connectivity index (χ0) is 21.6. The first-order valence-electron chi connectivity index (χ1n) is 10.7. The molecule has 0 saturated carbocycles. The number of benzene rings is 2. The van der Waals surface area contributed by atoms with Gasteiger partial charge in [-0.25, -0.2) is 0 Å². The van der Waals surface area contributed by atoms with E-state index in [9.17, 15) is 4.79 Å². The van der Waals surface area contributed by atoms with Crippen molar-refractivity contribution in [3.05, 3.63) is 59.7 Å². The molecule has 1 aliphatic rings. The number of carbonyl (C=O) groups is 1. The van der Waals surface area contributed by atoms with Crippen LogP contribution in [-0.2, 0) is 22.4 Å². The molecule has 1 fully saturated rings. The molecule has 3 rings (SSSR count). The lowest BCUT2D eigenvalue weighted by Gasteiger charge is -2.25. The average molecular weight is 412 g/mol. The van der Waals surface area contributed by atoms with E-state index < -0.39 is 5.60 Å². The van der Waals surface area contributed by atoms with Crippen molar-refractivity contribution in [3.8, 4) is 11.5 Å². The van der Waals surface area contributed by atoms with Crippen LogP contribution in [0.2, 0.25) is 0 Å². The van der Waals surface area contributed by atoms with Gasteiger partial charge in [-0.3, -0.25) is 4.79 Å². The monoisotopic (exact) mass is 411 g/mol. The Morgan fingerprint density at radius 1 is 1.00 bits per heavy atom. The molecule has 5 heteroatoms. The highest BCUT2D eigenvalue weighted by molar-refractivity contribution is 5.77. The molecule has 0 aliphatic carbocycles. The summed E-state index contributed by atoms with van der Waals surface area (Å²) in [5, 5.41) is 3.27. The molecule has 0 amide bonds. The van der Waals surface area contributed by atoms with E-state index in [0.29, 0.717) is 6.61 Å². The Kier molecular flexibility index (Phi) is 7.38. The summed E-state index contributed by atoms with van der Waals surface area (Å²) >= 11 is 0. The Bertz CT molecular complexity index is 843. The van der Waals surface area contributed by atoms with Gasteiger partial charge in [0, 0.05) is 5.92 Å². The Labute approximate surface area is 179 Å². The molecule has 1 aliphatic heterocycles. The number of hydrogen-bond donors (Lipinski definition) is 1. The normalized spacial score (nSPS) is 18.8. The summed E-state index contributed by atoms with van der Waals surface area (Å²) in [5.74, 6) is 1.69. The van der Waals surface area contributed by atoms with E-state index in [4.69, 9.17) is 14.2 Å². The topological polar surface area (TPSA) is 56.8 Å². The van der Waals surface area contributed by atoms with E-state index in [0.717, 1.165) is 42.9 Å². The molecule has 0 bridgehead atoms. The number of para-hydroxylation sites is 2. The van der Waals surface area contributed by atoms with E-state index in [1.807, 2.05) is 57.2 Å². The van der Waals surface area contributed by atoms with Gasteiger partial charge in [-0.1, -0.05) is 36.4 Å². The first-order chi connectivity index (χ1) is 14.4. The lowest BCUT2D eigenvalue weighted by Crippen LogP contribution is -2.42. The van der Waals surface area contributed by atoms with Crippen LogP contribution in [0.4, 0.5) is 0 Å². The molecule has 1 heterocycles. The quantitative estimate of drug-likeness (QED) is 0.661. The van der Waals surface area contributed by atoms with Gasteiger partial charge in [0.25, 0.3) is 0 Å². The summed E-state index contributed by atoms with van der Waals surface area (Å²) in [6.07, 6.45) is 2.62. The number of carbonyl (C=O) groups excluding carboxylic acids is 1. The Morgan fingerprint density at radius 3 is 2.23 bits per heavy atom. The molecule has 5 nitrogen and oxygen atoms in total. The fourth-order valence-electron chi connectivity index (χ4n) is 3.80. The number of nitrogens with one attached hydrogen (secondary N) is 1. The zero-order valence-corrected chi connectivity index (χ0v) is 18.4. The molecule has 0 aromatic heterocycles. The molecule has 2 atom stereocenters. The van der Waals surface area contributed by atoms with Gasteiger partial charge in [-0.15, -0.1) is 0 Å². The van der Waals surface area contributed by atoms with Crippen molar-refractivity contribution in [1.82, 2.24) is 5.32 Å². The summed E-state index contributed by atoms with van der Waals surface area (Å²) in [7, 11) is 1.70. The van der Waals surface area contributed by atoms with Crippen LogP contribution in [-0.4, -0.2) is 37.9 Å². The van der Waals surface area contributed by atoms with Gasteiger partial charge in [0.2, 0.25) is 0 Å². The van der Waals surface area contributed by atoms with Crippen LogP contribution >= 0.6 is 0 Å². The van der Waals surface area contributed by atoms with Crippen molar-refractivity contribution in [2.24, 2.45) is 5.92 Å². The van der Waals surface area contributed by atoms with Crippen LogP contribution < -0.4 is 14.8 Å². The highest BCUT2D eigenvalue weighted by Crippen LogP contribution is 2.26. The summed E-state index contributed by atoms with van der Waals surface area (Å²) < 4.78 is 17.2. The van der Waals surface area contributed by atoms with Gasteiger partial charge in [0.1, 0.15) is 23.1 Å². The van der Waals surface area contributed by atoms with Crippen LogP contribution in [0, 0.1) is 5.92 Å².